The number of hydrogen-bond donors (Lipinski definition) is 1. The van der Waals surface area contributed by atoms with Gasteiger partial charge in [0.25, 0.3) is 5.97 Å². The van der Waals surface area contributed by atoms with E-state index in [4.69, 9.17) is 9.90 Å². The van der Waals surface area contributed by atoms with Crippen LogP contribution in [0.5, 0.6) is 0 Å². The summed E-state index contributed by atoms with van der Waals surface area (Å²) in [5, 5.41) is 7.42. The molecule has 0 saturated carbocycles. The van der Waals surface area contributed by atoms with Crippen LogP contribution in [0.2, 0.25) is 0 Å². The van der Waals surface area contributed by atoms with E-state index in [0.717, 1.165) is 13.3 Å². The molecule has 40 valence electrons. The Kier molecular flexibility index (Phi) is 9.97. The van der Waals surface area contributed by atoms with E-state index >= 15 is 0 Å². The van der Waals surface area contributed by atoms with E-state index in [2.05, 4.69) is 6.08 Å². The van der Waals surface area contributed by atoms with Gasteiger partial charge in [-0.3, -0.25) is 10.9 Å². The van der Waals surface area contributed by atoms with Crippen molar-refractivity contribution in [2.45, 2.75) is 13.3 Å². The van der Waals surface area contributed by atoms with Gasteiger partial charge >= 0.3 is 29.6 Å². The SMILES string of the molecule is CC(=O)O.[C-]1=CC1.[Na+]. The molecule has 2 nitrogen and oxygen atoms in total. The Hall–Kier alpha value is 0.210. The summed E-state index contributed by atoms with van der Waals surface area (Å²) in [6.45, 7) is 1.08. The molecule has 0 saturated heterocycles. The summed E-state index contributed by atoms with van der Waals surface area (Å²) in [7, 11) is 0. The van der Waals surface area contributed by atoms with Crippen molar-refractivity contribution in [3.05, 3.63) is 12.2 Å². The molecule has 0 aromatic heterocycles. The van der Waals surface area contributed by atoms with E-state index in [1.807, 2.05) is 6.08 Å². The van der Waals surface area contributed by atoms with Gasteiger partial charge in [-0.1, -0.05) is 0 Å². The standard InChI is InChI=1S/C3H3.C2H4O2.Na/c1-2-3-1;1-2(3)4;/h1H,2H2;1H3,(H,3,4);/q-1;;+1. The van der Waals surface area contributed by atoms with Crippen LogP contribution >= 0.6 is 0 Å². The second-order valence-electron chi connectivity index (χ2n) is 1.13. The Morgan fingerprint density at radius 1 is 1.88 bits per heavy atom. The van der Waals surface area contributed by atoms with Gasteiger partial charge in [-0.05, 0) is 0 Å². The number of carboxylic acid groups (broad SMARTS) is 1. The molecule has 0 unspecified atom stereocenters. The van der Waals surface area contributed by atoms with Crippen LogP contribution in [-0.2, 0) is 4.79 Å². The van der Waals surface area contributed by atoms with Crippen LogP contribution < -0.4 is 29.6 Å². The fourth-order valence-corrected chi connectivity index (χ4v) is 0. The molecule has 1 aliphatic carbocycles. The molecule has 0 fully saturated rings. The van der Waals surface area contributed by atoms with Crippen molar-refractivity contribution < 1.29 is 39.5 Å². The summed E-state index contributed by atoms with van der Waals surface area (Å²) < 4.78 is 0. The molecule has 0 heterocycles. The maximum Gasteiger partial charge on any atom is 1.00 e. The minimum absolute atomic E-state index is 0. The van der Waals surface area contributed by atoms with Crippen LogP contribution in [0.3, 0.4) is 0 Å². The predicted octanol–water partition coefficient (Wildman–Crippen LogP) is -2.16. The largest absolute Gasteiger partial charge is 1.00 e. The molecule has 0 radical (unpaired) electrons. The van der Waals surface area contributed by atoms with Crippen molar-refractivity contribution in [2.24, 2.45) is 0 Å². The molecular weight excluding hydrogens is 115 g/mol. The fourth-order valence-electron chi connectivity index (χ4n) is 0. The van der Waals surface area contributed by atoms with Crippen molar-refractivity contribution in [3.63, 3.8) is 0 Å². The second kappa shape index (κ2) is 7.21. The minimum Gasteiger partial charge on any atom is -0.502 e. The zero-order valence-electron chi connectivity index (χ0n) is 5.14. The first kappa shape index (κ1) is 11.1. The smallest absolute Gasteiger partial charge is 0.502 e. The summed E-state index contributed by atoms with van der Waals surface area (Å²) in [6, 6.07) is 0. The average Bonchev–Trinajstić information content (AvgIpc) is 2.02. The molecule has 3 heteroatoms. The van der Waals surface area contributed by atoms with Crippen molar-refractivity contribution in [1.29, 1.82) is 0 Å². The third-order valence-electron chi connectivity index (χ3n) is 0.204. The Morgan fingerprint density at radius 3 is 2.00 bits per heavy atom. The number of aliphatic carboxylic acids is 1. The molecule has 0 amide bonds. The minimum atomic E-state index is -0.833. The summed E-state index contributed by atoms with van der Waals surface area (Å²) in [4.78, 5) is 9.00. The molecule has 1 rings (SSSR count). The molecule has 0 aromatic rings. The molecule has 0 spiro atoms. The van der Waals surface area contributed by atoms with Gasteiger partial charge in [0.15, 0.2) is 0 Å². The fraction of sp³-hybridized carbons (Fsp3) is 0.400. The number of rotatable bonds is 0. The van der Waals surface area contributed by atoms with Gasteiger partial charge in [0.05, 0.1) is 0 Å². The normalized spacial score (nSPS) is 10.1. The Labute approximate surface area is 70.9 Å². The Morgan fingerprint density at radius 2 is 2.00 bits per heavy atom. The first-order valence-corrected chi connectivity index (χ1v) is 1.98. The Bertz CT molecular complexity index is 80.4. The van der Waals surface area contributed by atoms with Crippen LogP contribution in [0.4, 0.5) is 0 Å². The molecule has 0 aliphatic heterocycles. The molecule has 8 heavy (non-hydrogen) atoms. The van der Waals surface area contributed by atoms with Crippen molar-refractivity contribution in [1.82, 2.24) is 0 Å². The van der Waals surface area contributed by atoms with Crippen molar-refractivity contribution in [2.75, 3.05) is 0 Å². The summed E-state index contributed by atoms with van der Waals surface area (Å²) >= 11 is 0. The quantitative estimate of drug-likeness (QED) is 0.293. The number of allylic oxidation sites excluding steroid dienone is 2. The van der Waals surface area contributed by atoms with Crippen LogP contribution in [0.1, 0.15) is 13.3 Å². The van der Waals surface area contributed by atoms with Gasteiger partial charge in [0.1, 0.15) is 0 Å². The van der Waals surface area contributed by atoms with E-state index in [0.29, 0.717) is 0 Å². The molecule has 1 aliphatic rings. The zero-order chi connectivity index (χ0) is 5.70. The molecule has 0 aromatic carbocycles. The third-order valence-corrected chi connectivity index (χ3v) is 0.204. The van der Waals surface area contributed by atoms with Gasteiger partial charge in [0.2, 0.25) is 0 Å². The van der Waals surface area contributed by atoms with Gasteiger partial charge in [-0.25, -0.2) is 6.42 Å². The second-order valence-corrected chi connectivity index (χ2v) is 1.13. The van der Waals surface area contributed by atoms with E-state index in [1.165, 1.54) is 0 Å². The maximum atomic E-state index is 9.00. The van der Waals surface area contributed by atoms with Gasteiger partial charge in [-0.2, -0.15) is 0 Å². The van der Waals surface area contributed by atoms with Crippen LogP contribution in [0.25, 0.3) is 0 Å². The summed E-state index contributed by atoms with van der Waals surface area (Å²) in [5.74, 6) is -0.833. The van der Waals surface area contributed by atoms with E-state index in [9.17, 15) is 0 Å². The number of carbonyl (C=O) groups is 1. The maximum absolute atomic E-state index is 9.00. The van der Waals surface area contributed by atoms with Crippen LogP contribution in [0, 0.1) is 6.08 Å². The third kappa shape index (κ3) is 115. The van der Waals surface area contributed by atoms with Crippen LogP contribution in [-0.4, -0.2) is 11.1 Å². The molecular formula is C5H7NaO2. The number of carboxylic acids is 1. The van der Waals surface area contributed by atoms with E-state index in [-0.39, 0.29) is 29.6 Å². The van der Waals surface area contributed by atoms with Crippen molar-refractivity contribution in [3.8, 4) is 0 Å². The summed E-state index contributed by atoms with van der Waals surface area (Å²) in [5.41, 5.74) is 0. The molecule has 0 atom stereocenters. The van der Waals surface area contributed by atoms with Gasteiger partial charge < -0.3 is 11.2 Å². The van der Waals surface area contributed by atoms with Gasteiger partial charge in [0, 0.05) is 6.92 Å². The van der Waals surface area contributed by atoms with Crippen molar-refractivity contribution >= 4 is 5.97 Å². The molecule has 0 bridgehead atoms. The monoisotopic (exact) mass is 122 g/mol. The van der Waals surface area contributed by atoms with Crippen LogP contribution in [0.15, 0.2) is 6.08 Å². The topological polar surface area (TPSA) is 37.3 Å². The number of hydrogen-bond acceptors (Lipinski definition) is 1. The first-order chi connectivity index (χ1) is 3.23. The Balaban J connectivity index is 0. The van der Waals surface area contributed by atoms with E-state index in [1.54, 1.807) is 0 Å². The average molecular weight is 122 g/mol. The van der Waals surface area contributed by atoms with E-state index < -0.39 is 5.97 Å². The van der Waals surface area contributed by atoms with Gasteiger partial charge in [-0.15, -0.1) is 0 Å². The first-order valence-electron chi connectivity index (χ1n) is 1.98. The zero-order valence-corrected chi connectivity index (χ0v) is 7.14. The predicted molar refractivity (Wildman–Crippen MR) is 25.7 cm³/mol. The molecule has 1 N–H and O–H groups in total. The summed E-state index contributed by atoms with van der Waals surface area (Å²) in [6.07, 6.45) is 6.00.